The molecule has 0 atom stereocenters. The van der Waals surface area contributed by atoms with Crippen LogP contribution in [0.15, 0.2) is 66.9 Å². The molecule has 1 heterocycles. The van der Waals surface area contributed by atoms with E-state index in [4.69, 9.17) is 4.74 Å². The first-order chi connectivity index (χ1) is 14.0. The van der Waals surface area contributed by atoms with Crippen molar-refractivity contribution in [1.82, 2.24) is 10.3 Å². The number of nitrogens with one attached hydrogen (secondary N) is 2. The van der Waals surface area contributed by atoms with Crippen LogP contribution < -0.4 is 20.3 Å². The minimum absolute atomic E-state index is 0.119. The summed E-state index contributed by atoms with van der Waals surface area (Å²) in [7, 11) is 5.65. The number of carbonyl (C=O) groups excluding carboxylic acids is 1. The van der Waals surface area contributed by atoms with Crippen molar-refractivity contribution in [3.63, 3.8) is 0 Å². The van der Waals surface area contributed by atoms with Crippen molar-refractivity contribution in [2.24, 2.45) is 0 Å². The van der Waals surface area contributed by atoms with E-state index in [2.05, 4.69) is 15.6 Å². The van der Waals surface area contributed by atoms with E-state index < -0.39 is 0 Å². The van der Waals surface area contributed by atoms with Gasteiger partial charge in [-0.25, -0.2) is 4.98 Å². The zero-order valence-electron chi connectivity index (χ0n) is 17.0. The molecule has 6 nitrogen and oxygen atoms in total. The average Bonchev–Trinajstić information content (AvgIpc) is 2.75. The Bertz CT molecular complexity index is 938. The maximum atomic E-state index is 12.5. The molecule has 3 aromatic rings. The highest BCUT2D eigenvalue weighted by molar-refractivity contribution is 5.94. The number of hydrogen-bond acceptors (Lipinski definition) is 5. The Kier molecular flexibility index (Phi) is 6.68. The van der Waals surface area contributed by atoms with Crippen LogP contribution in [-0.2, 0) is 6.42 Å². The molecule has 0 spiro atoms. The van der Waals surface area contributed by atoms with Gasteiger partial charge in [0.25, 0.3) is 5.91 Å². The number of ether oxygens (including phenoxy) is 1. The van der Waals surface area contributed by atoms with Gasteiger partial charge in [0.1, 0.15) is 11.6 Å². The zero-order valence-corrected chi connectivity index (χ0v) is 17.0. The van der Waals surface area contributed by atoms with Crippen molar-refractivity contribution in [2.75, 3.05) is 38.0 Å². The Morgan fingerprint density at radius 3 is 2.41 bits per heavy atom. The van der Waals surface area contributed by atoms with Crippen LogP contribution in [-0.4, -0.2) is 38.6 Å². The summed E-state index contributed by atoms with van der Waals surface area (Å²) in [5.41, 5.74) is 3.75. The molecule has 29 heavy (non-hydrogen) atoms. The van der Waals surface area contributed by atoms with E-state index in [1.807, 2.05) is 67.5 Å². The second-order valence-corrected chi connectivity index (χ2v) is 6.85. The molecule has 150 valence electrons. The number of hydrogen-bond donors (Lipinski definition) is 2. The number of nitrogens with zero attached hydrogens (tertiary/aromatic N) is 2. The maximum absolute atomic E-state index is 12.5. The van der Waals surface area contributed by atoms with Crippen molar-refractivity contribution in [2.45, 2.75) is 6.42 Å². The fourth-order valence-corrected chi connectivity index (χ4v) is 2.85. The van der Waals surface area contributed by atoms with Gasteiger partial charge < -0.3 is 20.3 Å². The van der Waals surface area contributed by atoms with Gasteiger partial charge in [0, 0.05) is 43.8 Å². The summed E-state index contributed by atoms with van der Waals surface area (Å²) >= 11 is 0. The van der Waals surface area contributed by atoms with E-state index in [1.54, 1.807) is 25.4 Å². The zero-order chi connectivity index (χ0) is 20.6. The van der Waals surface area contributed by atoms with E-state index in [1.165, 1.54) is 0 Å². The first-order valence-corrected chi connectivity index (χ1v) is 9.47. The monoisotopic (exact) mass is 390 g/mol. The molecule has 2 N–H and O–H groups in total. The van der Waals surface area contributed by atoms with Crippen LogP contribution in [0.2, 0.25) is 0 Å². The minimum atomic E-state index is -0.119. The van der Waals surface area contributed by atoms with E-state index in [9.17, 15) is 4.79 Å². The van der Waals surface area contributed by atoms with Gasteiger partial charge in [-0.15, -0.1) is 0 Å². The van der Waals surface area contributed by atoms with Crippen molar-refractivity contribution in [1.29, 1.82) is 0 Å². The number of aromatic nitrogens is 1. The summed E-state index contributed by atoms with van der Waals surface area (Å²) in [6, 6.07) is 19.3. The molecule has 0 saturated heterocycles. The van der Waals surface area contributed by atoms with Crippen molar-refractivity contribution in [3.05, 3.63) is 78.0 Å². The quantitative estimate of drug-likeness (QED) is 0.611. The van der Waals surface area contributed by atoms with E-state index in [0.29, 0.717) is 17.9 Å². The van der Waals surface area contributed by atoms with Crippen molar-refractivity contribution >= 4 is 23.1 Å². The molecule has 0 fully saturated rings. The fraction of sp³-hybridized carbons (Fsp3) is 0.217. The van der Waals surface area contributed by atoms with Gasteiger partial charge in [0.2, 0.25) is 0 Å². The number of benzene rings is 2. The fourth-order valence-electron chi connectivity index (χ4n) is 2.85. The Labute approximate surface area is 171 Å². The molecule has 0 aliphatic rings. The highest BCUT2D eigenvalue weighted by atomic mass is 16.5. The number of amides is 1. The second-order valence-electron chi connectivity index (χ2n) is 6.85. The molecule has 0 saturated carbocycles. The minimum Gasteiger partial charge on any atom is -0.497 e. The van der Waals surface area contributed by atoms with E-state index in [0.717, 1.165) is 29.1 Å². The lowest BCUT2D eigenvalue weighted by Gasteiger charge is -2.13. The van der Waals surface area contributed by atoms with Gasteiger partial charge in [-0.1, -0.05) is 12.1 Å². The predicted octanol–water partition coefficient (Wildman–Crippen LogP) is 3.87. The largest absolute Gasteiger partial charge is 0.497 e. The summed E-state index contributed by atoms with van der Waals surface area (Å²) in [4.78, 5) is 18.8. The lowest BCUT2D eigenvalue weighted by atomic mass is 10.1. The van der Waals surface area contributed by atoms with Crippen LogP contribution in [0.4, 0.5) is 17.2 Å². The van der Waals surface area contributed by atoms with Crippen LogP contribution in [0.3, 0.4) is 0 Å². The summed E-state index contributed by atoms with van der Waals surface area (Å²) in [6.07, 6.45) is 2.39. The van der Waals surface area contributed by atoms with Gasteiger partial charge in [0.15, 0.2) is 0 Å². The molecule has 0 aliphatic carbocycles. The normalized spacial score (nSPS) is 10.3. The van der Waals surface area contributed by atoms with Gasteiger partial charge in [-0.05, 0) is 60.5 Å². The number of pyridine rings is 1. The molecule has 1 aromatic heterocycles. The van der Waals surface area contributed by atoms with E-state index in [-0.39, 0.29) is 5.91 Å². The molecule has 0 radical (unpaired) electrons. The molecule has 2 aromatic carbocycles. The Morgan fingerprint density at radius 1 is 1.03 bits per heavy atom. The Balaban J connectivity index is 1.55. The third-order valence-electron chi connectivity index (χ3n) is 4.54. The van der Waals surface area contributed by atoms with Crippen LogP contribution in [0.25, 0.3) is 0 Å². The Morgan fingerprint density at radius 2 is 1.76 bits per heavy atom. The first kappa shape index (κ1) is 20.2. The smallest absolute Gasteiger partial charge is 0.251 e. The molecular weight excluding hydrogens is 364 g/mol. The lowest BCUT2D eigenvalue weighted by molar-refractivity contribution is 0.0954. The van der Waals surface area contributed by atoms with Gasteiger partial charge in [0.05, 0.1) is 7.11 Å². The number of carbonyl (C=O) groups is 1. The lowest BCUT2D eigenvalue weighted by Crippen LogP contribution is -2.25. The van der Waals surface area contributed by atoms with Crippen LogP contribution in [0, 0.1) is 0 Å². The van der Waals surface area contributed by atoms with Crippen LogP contribution in [0.5, 0.6) is 5.75 Å². The topological polar surface area (TPSA) is 66.5 Å². The average molecular weight is 390 g/mol. The molecule has 6 heteroatoms. The summed E-state index contributed by atoms with van der Waals surface area (Å²) < 4.78 is 5.16. The summed E-state index contributed by atoms with van der Waals surface area (Å²) in [6.45, 7) is 0.558. The molecule has 0 aliphatic heterocycles. The summed E-state index contributed by atoms with van der Waals surface area (Å²) in [5.74, 6) is 1.34. The first-order valence-electron chi connectivity index (χ1n) is 9.47. The van der Waals surface area contributed by atoms with E-state index >= 15 is 0 Å². The van der Waals surface area contributed by atoms with Crippen molar-refractivity contribution in [3.8, 4) is 5.75 Å². The third-order valence-corrected chi connectivity index (χ3v) is 4.54. The SMILES string of the molecule is COc1ccc(CCNC(=O)c2ccnc(Nc3ccc(N(C)C)cc3)c2)cc1. The van der Waals surface area contributed by atoms with Crippen molar-refractivity contribution < 1.29 is 9.53 Å². The standard InChI is InChI=1S/C23H26N4O2/c1-27(2)20-8-6-19(7-9-20)26-22-16-18(13-15-24-22)23(28)25-14-12-17-4-10-21(29-3)11-5-17/h4-11,13,15-16H,12,14H2,1-3H3,(H,24,26)(H,25,28). The molecule has 0 bridgehead atoms. The van der Waals surface area contributed by atoms with Crippen LogP contribution >= 0.6 is 0 Å². The van der Waals surface area contributed by atoms with Gasteiger partial charge in [-0.3, -0.25) is 4.79 Å². The number of methoxy groups -OCH3 is 1. The van der Waals surface area contributed by atoms with Crippen LogP contribution in [0.1, 0.15) is 15.9 Å². The molecule has 1 amide bonds. The maximum Gasteiger partial charge on any atom is 0.251 e. The van der Waals surface area contributed by atoms with Gasteiger partial charge >= 0.3 is 0 Å². The predicted molar refractivity (Wildman–Crippen MR) is 117 cm³/mol. The third kappa shape index (κ3) is 5.72. The highest BCUT2D eigenvalue weighted by Crippen LogP contribution is 2.19. The van der Waals surface area contributed by atoms with Gasteiger partial charge in [-0.2, -0.15) is 0 Å². The summed E-state index contributed by atoms with van der Waals surface area (Å²) in [5, 5.41) is 6.19. The highest BCUT2D eigenvalue weighted by Gasteiger charge is 2.07. The molecule has 3 rings (SSSR count). The Hall–Kier alpha value is -3.54. The molecule has 0 unspecified atom stereocenters. The second kappa shape index (κ2) is 9.59. The number of anilines is 3. The number of rotatable bonds is 8. The molecular formula is C23H26N4O2.